The van der Waals surface area contributed by atoms with E-state index in [1.54, 1.807) is 12.1 Å². The normalized spacial score (nSPS) is 11.5. The van der Waals surface area contributed by atoms with Crippen molar-refractivity contribution in [3.63, 3.8) is 0 Å². The third kappa shape index (κ3) is 5.42. The Kier molecular flexibility index (Phi) is 7.31. The summed E-state index contributed by atoms with van der Waals surface area (Å²) in [6.07, 6.45) is 0.00613. The second-order valence-corrected chi connectivity index (χ2v) is 6.03. The third-order valence-corrected chi connectivity index (χ3v) is 4.10. The van der Waals surface area contributed by atoms with Crippen molar-refractivity contribution in [2.75, 3.05) is 20.8 Å². The van der Waals surface area contributed by atoms with Crippen molar-refractivity contribution in [1.82, 2.24) is 10.6 Å². The molecule has 2 N–H and O–H groups in total. The molecule has 0 aliphatic heterocycles. The van der Waals surface area contributed by atoms with Crippen LogP contribution in [0.2, 0.25) is 0 Å². The summed E-state index contributed by atoms with van der Waals surface area (Å²) in [5.74, 6) is -1.59. The molecule has 1 atom stereocenters. The van der Waals surface area contributed by atoms with Crippen molar-refractivity contribution in [3.05, 3.63) is 59.2 Å². The van der Waals surface area contributed by atoms with Gasteiger partial charge in [0.25, 0.3) is 5.91 Å². The summed E-state index contributed by atoms with van der Waals surface area (Å²) in [5, 5.41) is 5.24. The summed E-state index contributed by atoms with van der Waals surface area (Å²) in [6.45, 7) is 1.83. The Balaban J connectivity index is 1.86. The average molecular weight is 392 g/mol. The first-order valence-corrected chi connectivity index (χ1v) is 8.60. The van der Waals surface area contributed by atoms with Crippen LogP contribution in [0.3, 0.4) is 0 Å². The van der Waals surface area contributed by atoms with Gasteiger partial charge in [-0.2, -0.15) is 0 Å². The van der Waals surface area contributed by atoms with Gasteiger partial charge in [-0.3, -0.25) is 9.59 Å². The van der Waals surface area contributed by atoms with Gasteiger partial charge in [0.15, 0.2) is 11.5 Å². The molecule has 0 spiro atoms. The highest BCUT2D eigenvalue weighted by Crippen LogP contribution is 2.29. The number of amides is 2. The zero-order chi connectivity index (χ0) is 20.7. The maximum absolute atomic E-state index is 13.6. The van der Waals surface area contributed by atoms with Gasteiger partial charge >= 0.3 is 0 Å². The van der Waals surface area contributed by atoms with Crippen molar-refractivity contribution in [2.45, 2.75) is 19.4 Å². The molecule has 1 unspecified atom stereocenters. The van der Waals surface area contributed by atoms with E-state index < -0.39 is 17.5 Å². The Morgan fingerprint density at radius 2 is 1.75 bits per heavy atom. The highest BCUT2D eigenvalue weighted by Gasteiger charge is 2.15. The fraction of sp³-hybridized carbons (Fsp3) is 0.300. The molecule has 2 aromatic rings. The number of hydrogen-bond acceptors (Lipinski definition) is 4. The van der Waals surface area contributed by atoms with Crippen LogP contribution in [0.1, 0.15) is 35.3 Å². The minimum atomic E-state index is -0.955. The van der Waals surface area contributed by atoms with E-state index in [0.29, 0.717) is 17.6 Å². The van der Waals surface area contributed by atoms with E-state index in [2.05, 4.69) is 10.6 Å². The smallest absolute Gasteiger partial charge is 0.254 e. The molecule has 2 aromatic carbocycles. The number of carbonyl (C=O) groups is 2. The fourth-order valence-electron chi connectivity index (χ4n) is 2.58. The van der Waals surface area contributed by atoms with E-state index >= 15 is 0 Å². The molecule has 0 saturated carbocycles. The van der Waals surface area contributed by atoms with E-state index in [1.165, 1.54) is 14.2 Å². The van der Waals surface area contributed by atoms with E-state index in [0.717, 1.165) is 17.7 Å². The van der Waals surface area contributed by atoms with Gasteiger partial charge in [0.2, 0.25) is 5.91 Å². The number of halogens is 2. The first kappa shape index (κ1) is 21.1. The molecule has 6 nitrogen and oxygen atoms in total. The number of ether oxygens (including phenoxy) is 2. The number of nitrogens with one attached hydrogen (secondary N) is 2. The van der Waals surface area contributed by atoms with Crippen LogP contribution in [-0.4, -0.2) is 32.6 Å². The van der Waals surface area contributed by atoms with Gasteiger partial charge in [-0.1, -0.05) is 6.07 Å². The van der Waals surface area contributed by atoms with E-state index in [9.17, 15) is 18.4 Å². The van der Waals surface area contributed by atoms with Crippen molar-refractivity contribution in [1.29, 1.82) is 0 Å². The molecule has 0 radical (unpaired) electrons. The molecule has 0 aliphatic rings. The first-order chi connectivity index (χ1) is 13.3. The Hall–Kier alpha value is -3.16. The number of benzene rings is 2. The molecular formula is C20H22F2N2O4. The minimum Gasteiger partial charge on any atom is -0.493 e. The lowest BCUT2D eigenvalue weighted by Crippen LogP contribution is -2.32. The predicted molar refractivity (Wildman–Crippen MR) is 99.4 cm³/mol. The van der Waals surface area contributed by atoms with Gasteiger partial charge in [0.1, 0.15) is 11.6 Å². The van der Waals surface area contributed by atoms with Gasteiger partial charge in [0.05, 0.1) is 25.8 Å². The summed E-state index contributed by atoms with van der Waals surface area (Å²) in [6, 6.07) is 7.71. The van der Waals surface area contributed by atoms with Crippen LogP contribution in [0.25, 0.3) is 0 Å². The lowest BCUT2D eigenvalue weighted by Gasteiger charge is -2.16. The number of methoxy groups -OCH3 is 2. The Bertz CT molecular complexity index is 858. The largest absolute Gasteiger partial charge is 0.493 e. The number of carbonyl (C=O) groups excluding carboxylic acids is 2. The van der Waals surface area contributed by atoms with Crippen LogP contribution in [0.15, 0.2) is 36.4 Å². The molecule has 150 valence electrons. The third-order valence-electron chi connectivity index (χ3n) is 4.10. The molecule has 28 heavy (non-hydrogen) atoms. The van der Waals surface area contributed by atoms with Gasteiger partial charge in [0, 0.05) is 19.0 Å². The average Bonchev–Trinajstić information content (AvgIpc) is 2.67. The molecule has 0 aromatic heterocycles. The maximum atomic E-state index is 13.6. The molecule has 8 heteroatoms. The zero-order valence-electron chi connectivity index (χ0n) is 15.8. The van der Waals surface area contributed by atoms with Crippen LogP contribution in [-0.2, 0) is 4.79 Å². The standard InChI is InChI=1S/C20H22F2N2O4/c1-12(13-4-7-17(27-2)18(10-13)28-3)24-19(25)8-9-23-20(26)15-6-5-14(21)11-16(15)22/h4-7,10-12H,8-9H2,1-3H3,(H,23,26)(H,24,25). The van der Waals surface area contributed by atoms with Gasteiger partial charge in [-0.25, -0.2) is 8.78 Å². The summed E-state index contributed by atoms with van der Waals surface area (Å²) in [4.78, 5) is 24.0. The highest BCUT2D eigenvalue weighted by molar-refractivity contribution is 5.94. The Labute approximate surface area is 161 Å². The number of rotatable bonds is 8. The van der Waals surface area contributed by atoms with E-state index in [-0.39, 0.29) is 30.5 Å². The molecule has 2 amide bonds. The lowest BCUT2D eigenvalue weighted by atomic mass is 10.1. The Morgan fingerprint density at radius 1 is 1.04 bits per heavy atom. The van der Waals surface area contributed by atoms with Gasteiger partial charge in [-0.15, -0.1) is 0 Å². The predicted octanol–water partition coefficient (Wildman–Crippen LogP) is 2.98. The monoisotopic (exact) mass is 392 g/mol. The molecular weight excluding hydrogens is 370 g/mol. The highest BCUT2D eigenvalue weighted by atomic mass is 19.1. The second-order valence-electron chi connectivity index (χ2n) is 6.03. The summed E-state index contributed by atoms with van der Waals surface area (Å²) in [5.41, 5.74) is 0.545. The summed E-state index contributed by atoms with van der Waals surface area (Å²) < 4.78 is 36.9. The minimum absolute atomic E-state index is 0.00613. The number of hydrogen-bond donors (Lipinski definition) is 2. The molecule has 0 aliphatic carbocycles. The quantitative estimate of drug-likeness (QED) is 0.724. The Morgan fingerprint density at radius 3 is 2.39 bits per heavy atom. The van der Waals surface area contributed by atoms with Gasteiger partial charge < -0.3 is 20.1 Å². The van der Waals surface area contributed by atoms with Crippen molar-refractivity contribution in [3.8, 4) is 11.5 Å². The van der Waals surface area contributed by atoms with Crippen LogP contribution < -0.4 is 20.1 Å². The van der Waals surface area contributed by atoms with Crippen LogP contribution in [0.4, 0.5) is 8.78 Å². The maximum Gasteiger partial charge on any atom is 0.254 e. The van der Waals surface area contributed by atoms with Crippen LogP contribution >= 0.6 is 0 Å². The lowest BCUT2D eigenvalue weighted by molar-refractivity contribution is -0.121. The molecule has 0 saturated heterocycles. The molecule has 0 fully saturated rings. The van der Waals surface area contributed by atoms with Crippen LogP contribution in [0, 0.1) is 11.6 Å². The molecule has 0 heterocycles. The van der Waals surface area contributed by atoms with Gasteiger partial charge in [-0.05, 0) is 36.8 Å². The SMILES string of the molecule is COc1ccc(C(C)NC(=O)CCNC(=O)c2ccc(F)cc2F)cc1OC. The fourth-order valence-corrected chi connectivity index (χ4v) is 2.58. The van der Waals surface area contributed by atoms with Crippen molar-refractivity contribution >= 4 is 11.8 Å². The van der Waals surface area contributed by atoms with E-state index in [4.69, 9.17) is 9.47 Å². The van der Waals surface area contributed by atoms with E-state index in [1.807, 2.05) is 13.0 Å². The first-order valence-electron chi connectivity index (χ1n) is 8.60. The second kappa shape index (κ2) is 9.68. The van der Waals surface area contributed by atoms with Crippen molar-refractivity contribution < 1.29 is 27.8 Å². The zero-order valence-corrected chi connectivity index (χ0v) is 15.8. The topological polar surface area (TPSA) is 76.7 Å². The van der Waals surface area contributed by atoms with Crippen LogP contribution in [0.5, 0.6) is 11.5 Å². The van der Waals surface area contributed by atoms with Crippen molar-refractivity contribution in [2.24, 2.45) is 0 Å². The summed E-state index contributed by atoms with van der Waals surface area (Å²) >= 11 is 0. The molecule has 2 rings (SSSR count). The molecule has 0 bridgehead atoms. The summed E-state index contributed by atoms with van der Waals surface area (Å²) in [7, 11) is 3.06.